The third-order valence-corrected chi connectivity index (χ3v) is 2.90. The van der Waals surface area contributed by atoms with Gasteiger partial charge in [0, 0.05) is 31.3 Å². The lowest BCUT2D eigenvalue weighted by Gasteiger charge is -2.35. The summed E-state index contributed by atoms with van der Waals surface area (Å²) in [6.45, 7) is 6.07. The van der Waals surface area contributed by atoms with E-state index < -0.39 is 11.6 Å². The molecular weight excluding hydrogens is 224 g/mol. The van der Waals surface area contributed by atoms with Gasteiger partial charge in [0.15, 0.2) is 0 Å². The molecule has 0 aromatic heterocycles. The van der Waals surface area contributed by atoms with Crippen molar-refractivity contribution in [3.63, 3.8) is 0 Å². The summed E-state index contributed by atoms with van der Waals surface area (Å²) < 4.78 is 31.9. The predicted molar refractivity (Wildman–Crippen MR) is 61.6 cm³/mol. The molecule has 2 nitrogen and oxygen atoms in total. The fourth-order valence-electron chi connectivity index (χ4n) is 2.30. The van der Waals surface area contributed by atoms with Crippen LogP contribution in [0.5, 0.6) is 0 Å². The average molecular weight is 241 g/mol. The average Bonchev–Trinajstić information content (AvgIpc) is 2.21. The van der Waals surface area contributed by atoms with Crippen molar-refractivity contribution in [2.75, 3.05) is 13.1 Å². The van der Waals surface area contributed by atoms with E-state index in [0.717, 1.165) is 19.2 Å². The largest absolute Gasteiger partial charge is 0.373 e. The molecular formula is C13H17F2NO. The molecule has 1 aromatic rings. The van der Waals surface area contributed by atoms with Gasteiger partial charge in [-0.25, -0.2) is 8.78 Å². The van der Waals surface area contributed by atoms with E-state index in [2.05, 4.69) is 4.90 Å². The topological polar surface area (TPSA) is 12.5 Å². The van der Waals surface area contributed by atoms with Crippen molar-refractivity contribution in [1.82, 2.24) is 4.90 Å². The van der Waals surface area contributed by atoms with E-state index in [4.69, 9.17) is 4.74 Å². The summed E-state index contributed by atoms with van der Waals surface area (Å²) in [7, 11) is 0. The van der Waals surface area contributed by atoms with Gasteiger partial charge >= 0.3 is 0 Å². The van der Waals surface area contributed by atoms with Gasteiger partial charge in [-0.2, -0.15) is 0 Å². The first-order valence-electron chi connectivity index (χ1n) is 5.86. The second kappa shape index (κ2) is 5.10. The summed E-state index contributed by atoms with van der Waals surface area (Å²) in [5, 5.41) is 0. The van der Waals surface area contributed by atoms with Gasteiger partial charge in [-0.3, -0.25) is 4.90 Å². The van der Waals surface area contributed by atoms with Gasteiger partial charge in [-0.05, 0) is 19.9 Å². The molecule has 0 amide bonds. The first kappa shape index (κ1) is 12.5. The lowest BCUT2D eigenvalue weighted by atomic mass is 10.1. The van der Waals surface area contributed by atoms with Crippen molar-refractivity contribution in [3.8, 4) is 0 Å². The van der Waals surface area contributed by atoms with Crippen LogP contribution in [0, 0.1) is 11.6 Å². The van der Waals surface area contributed by atoms with Crippen LogP contribution in [0.1, 0.15) is 19.4 Å². The van der Waals surface area contributed by atoms with Crippen LogP contribution < -0.4 is 0 Å². The highest BCUT2D eigenvalue weighted by Crippen LogP contribution is 2.16. The molecule has 1 aliphatic heterocycles. The Morgan fingerprint density at radius 1 is 1.24 bits per heavy atom. The zero-order valence-corrected chi connectivity index (χ0v) is 10.1. The molecule has 94 valence electrons. The lowest BCUT2D eigenvalue weighted by molar-refractivity contribution is -0.0707. The third kappa shape index (κ3) is 3.23. The smallest absolute Gasteiger partial charge is 0.130 e. The second-order valence-electron chi connectivity index (χ2n) is 4.69. The predicted octanol–water partition coefficient (Wildman–Crippen LogP) is 2.57. The number of hydrogen-bond donors (Lipinski definition) is 0. The Balaban J connectivity index is 2.04. The van der Waals surface area contributed by atoms with Crippen molar-refractivity contribution in [3.05, 3.63) is 35.4 Å². The van der Waals surface area contributed by atoms with Crippen molar-refractivity contribution in [2.45, 2.75) is 32.6 Å². The molecule has 1 saturated heterocycles. The highest BCUT2D eigenvalue weighted by molar-refractivity contribution is 5.18. The van der Waals surface area contributed by atoms with E-state index in [1.807, 2.05) is 13.8 Å². The first-order valence-corrected chi connectivity index (χ1v) is 5.86. The molecule has 1 aromatic carbocycles. The standard InChI is InChI=1S/C13H17F2NO/c1-9-6-16(7-10(2)17-9)8-11-3-4-12(14)5-13(11)15/h3-5,9-10H,6-8H2,1-2H3/t9-,10-/m1/s1. The van der Waals surface area contributed by atoms with E-state index >= 15 is 0 Å². The quantitative estimate of drug-likeness (QED) is 0.789. The fourth-order valence-corrected chi connectivity index (χ4v) is 2.30. The number of rotatable bonds is 2. The van der Waals surface area contributed by atoms with Crippen LogP contribution in [-0.2, 0) is 11.3 Å². The Morgan fingerprint density at radius 3 is 2.47 bits per heavy atom. The first-order chi connectivity index (χ1) is 8.04. The zero-order chi connectivity index (χ0) is 12.4. The van der Waals surface area contributed by atoms with E-state index in [9.17, 15) is 8.78 Å². The Kier molecular flexibility index (Phi) is 3.74. The third-order valence-electron chi connectivity index (χ3n) is 2.90. The highest BCUT2D eigenvalue weighted by Gasteiger charge is 2.22. The van der Waals surface area contributed by atoms with E-state index in [1.165, 1.54) is 12.1 Å². The van der Waals surface area contributed by atoms with Crippen LogP contribution in [0.15, 0.2) is 18.2 Å². The Morgan fingerprint density at radius 2 is 1.88 bits per heavy atom. The van der Waals surface area contributed by atoms with Crippen LogP contribution in [-0.4, -0.2) is 30.2 Å². The molecule has 0 saturated carbocycles. The van der Waals surface area contributed by atoms with Crippen molar-refractivity contribution >= 4 is 0 Å². The molecule has 0 bridgehead atoms. The number of hydrogen-bond acceptors (Lipinski definition) is 2. The van der Waals surface area contributed by atoms with Gasteiger partial charge in [-0.1, -0.05) is 6.07 Å². The summed E-state index contributed by atoms with van der Waals surface area (Å²) in [5.41, 5.74) is 0.535. The van der Waals surface area contributed by atoms with Crippen LogP contribution in [0.4, 0.5) is 8.78 Å². The molecule has 4 heteroatoms. The maximum absolute atomic E-state index is 13.5. The summed E-state index contributed by atoms with van der Waals surface area (Å²) >= 11 is 0. The minimum absolute atomic E-state index is 0.155. The van der Waals surface area contributed by atoms with Gasteiger partial charge in [-0.15, -0.1) is 0 Å². The molecule has 17 heavy (non-hydrogen) atoms. The molecule has 2 rings (SSSR count). The Labute approximate surface area is 100 Å². The maximum atomic E-state index is 13.5. The van der Waals surface area contributed by atoms with E-state index in [-0.39, 0.29) is 12.2 Å². The summed E-state index contributed by atoms with van der Waals surface area (Å²) in [5.74, 6) is -1.01. The van der Waals surface area contributed by atoms with Crippen molar-refractivity contribution < 1.29 is 13.5 Å². The fraction of sp³-hybridized carbons (Fsp3) is 0.538. The van der Waals surface area contributed by atoms with Crippen LogP contribution in [0.2, 0.25) is 0 Å². The molecule has 0 N–H and O–H groups in total. The number of nitrogens with zero attached hydrogens (tertiary/aromatic N) is 1. The molecule has 1 heterocycles. The normalized spacial score (nSPS) is 26.1. The number of benzene rings is 1. The van der Waals surface area contributed by atoms with Crippen molar-refractivity contribution in [1.29, 1.82) is 0 Å². The highest BCUT2D eigenvalue weighted by atomic mass is 19.1. The monoisotopic (exact) mass is 241 g/mol. The minimum atomic E-state index is -0.532. The summed E-state index contributed by atoms with van der Waals surface area (Å²) in [6.07, 6.45) is 0.310. The zero-order valence-electron chi connectivity index (χ0n) is 10.1. The minimum Gasteiger partial charge on any atom is -0.373 e. The van der Waals surface area contributed by atoms with E-state index in [1.54, 1.807) is 0 Å². The molecule has 1 fully saturated rings. The summed E-state index contributed by atoms with van der Waals surface area (Å²) in [6, 6.07) is 3.74. The molecule has 0 spiro atoms. The van der Waals surface area contributed by atoms with Gasteiger partial charge in [0.2, 0.25) is 0 Å². The number of halogens is 2. The number of ether oxygens (including phenoxy) is 1. The molecule has 0 radical (unpaired) electrons. The van der Waals surface area contributed by atoms with Gasteiger partial charge in [0.1, 0.15) is 11.6 Å². The van der Waals surface area contributed by atoms with Gasteiger partial charge in [0.05, 0.1) is 12.2 Å². The van der Waals surface area contributed by atoms with E-state index in [0.29, 0.717) is 12.1 Å². The van der Waals surface area contributed by atoms with Gasteiger partial charge in [0.25, 0.3) is 0 Å². The van der Waals surface area contributed by atoms with Crippen LogP contribution in [0.3, 0.4) is 0 Å². The Bertz CT molecular complexity index is 387. The lowest BCUT2D eigenvalue weighted by Crippen LogP contribution is -2.44. The number of morpholine rings is 1. The molecule has 2 atom stereocenters. The maximum Gasteiger partial charge on any atom is 0.130 e. The molecule has 1 aliphatic rings. The second-order valence-corrected chi connectivity index (χ2v) is 4.69. The molecule has 0 unspecified atom stereocenters. The van der Waals surface area contributed by atoms with Crippen molar-refractivity contribution in [2.24, 2.45) is 0 Å². The SMILES string of the molecule is C[C@@H]1CN(Cc2ccc(F)cc2F)C[C@@H](C)O1. The Hall–Kier alpha value is -1.00. The van der Waals surface area contributed by atoms with Gasteiger partial charge < -0.3 is 4.74 Å². The van der Waals surface area contributed by atoms with Crippen LogP contribution >= 0.6 is 0 Å². The van der Waals surface area contributed by atoms with Crippen LogP contribution in [0.25, 0.3) is 0 Å². The molecule has 0 aliphatic carbocycles. The summed E-state index contributed by atoms with van der Waals surface area (Å²) in [4.78, 5) is 2.13.